The number of anilines is 1. The van der Waals surface area contributed by atoms with Crippen LogP contribution in [0, 0.1) is 24.0 Å². The molecule has 21 heavy (non-hydrogen) atoms. The number of hydrogen-bond donors (Lipinski definition) is 1. The number of benzene rings is 2. The fourth-order valence-corrected chi connectivity index (χ4v) is 2.16. The molecule has 0 saturated carbocycles. The standard InChI is InChI=1S/C15H13ClN2O3/c1-9-3-6-13(10(2)7-9)17-15(19)12-5-4-11(16)8-14(12)18(20)21/h3-8H,1-2H3,(H,17,19). The van der Waals surface area contributed by atoms with Crippen LogP contribution >= 0.6 is 11.6 Å². The van der Waals surface area contributed by atoms with Crippen molar-refractivity contribution in [2.75, 3.05) is 5.32 Å². The molecule has 1 amide bonds. The van der Waals surface area contributed by atoms with Crippen LogP contribution in [0.15, 0.2) is 36.4 Å². The maximum Gasteiger partial charge on any atom is 0.283 e. The Bertz CT molecular complexity index is 729. The van der Waals surface area contributed by atoms with Gasteiger partial charge in [0, 0.05) is 16.8 Å². The molecule has 0 fully saturated rings. The predicted octanol–water partition coefficient (Wildman–Crippen LogP) is 4.12. The van der Waals surface area contributed by atoms with Gasteiger partial charge in [-0.25, -0.2) is 0 Å². The fraction of sp³-hybridized carbons (Fsp3) is 0.133. The van der Waals surface area contributed by atoms with Crippen molar-refractivity contribution >= 4 is 28.9 Å². The summed E-state index contributed by atoms with van der Waals surface area (Å²) in [5.41, 5.74) is 2.24. The number of aryl methyl sites for hydroxylation is 2. The summed E-state index contributed by atoms with van der Waals surface area (Å²) in [4.78, 5) is 22.6. The lowest BCUT2D eigenvalue weighted by Gasteiger charge is -2.09. The van der Waals surface area contributed by atoms with Crippen LogP contribution in [0.2, 0.25) is 5.02 Å². The molecule has 0 aliphatic rings. The molecule has 2 aromatic carbocycles. The topological polar surface area (TPSA) is 72.2 Å². The Labute approximate surface area is 126 Å². The van der Waals surface area contributed by atoms with E-state index in [-0.39, 0.29) is 16.3 Å². The van der Waals surface area contributed by atoms with Crippen molar-refractivity contribution in [1.29, 1.82) is 0 Å². The number of amides is 1. The number of nitrogens with one attached hydrogen (secondary N) is 1. The van der Waals surface area contributed by atoms with Gasteiger partial charge in [-0.15, -0.1) is 0 Å². The third-order valence-electron chi connectivity index (χ3n) is 3.03. The van der Waals surface area contributed by atoms with Crippen LogP contribution < -0.4 is 5.32 Å². The van der Waals surface area contributed by atoms with E-state index in [1.165, 1.54) is 18.2 Å². The number of carbonyl (C=O) groups is 1. The normalized spacial score (nSPS) is 10.2. The molecule has 6 heteroatoms. The molecule has 0 saturated heterocycles. The van der Waals surface area contributed by atoms with E-state index in [4.69, 9.17) is 11.6 Å². The van der Waals surface area contributed by atoms with Crippen molar-refractivity contribution in [2.45, 2.75) is 13.8 Å². The third-order valence-corrected chi connectivity index (χ3v) is 3.27. The van der Waals surface area contributed by atoms with Crippen molar-refractivity contribution in [1.82, 2.24) is 0 Å². The third kappa shape index (κ3) is 3.38. The molecule has 108 valence electrons. The first kappa shape index (κ1) is 15.0. The molecule has 0 aliphatic heterocycles. The number of carbonyl (C=O) groups excluding carboxylic acids is 1. The summed E-state index contributed by atoms with van der Waals surface area (Å²) in [7, 11) is 0. The van der Waals surface area contributed by atoms with E-state index in [1.807, 2.05) is 26.0 Å². The summed E-state index contributed by atoms with van der Waals surface area (Å²) < 4.78 is 0. The monoisotopic (exact) mass is 304 g/mol. The highest BCUT2D eigenvalue weighted by molar-refractivity contribution is 6.31. The van der Waals surface area contributed by atoms with Gasteiger partial charge < -0.3 is 5.32 Å². The van der Waals surface area contributed by atoms with Crippen LogP contribution in [-0.2, 0) is 0 Å². The SMILES string of the molecule is Cc1ccc(NC(=O)c2ccc(Cl)cc2[N+](=O)[O-])c(C)c1. The molecule has 0 bridgehead atoms. The van der Waals surface area contributed by atoms with Crippen LogP contribution in [0.5, 0.6) is 0 Å². The lowest BCUT2D eigenvalue weighted by molar-refractivity contribution is -0.385. The molecule has 2 aromatic rings. The number of hydrogen-bond acceptors (Lipinski definition) is 3. The van der Waals surface area contributed by atoms with Gasteiger partial charge in [-0.05, 0) is 37.6 Å². The highest BCUT2D eigenvalue weighted by atomic mass is 35.5. The first-order chi connectivity index (χ1) is 9.88. The quantitative estimate of drug-likeness (QED) is 0.685. The van der Waals surface area contributed by atoms with Crippen LogP contribution in [-0.4, -0.2) is 10.8 Å². The summed E-state index contributed by atoms with van der Waals surface area (Å²) in [6.45, 7) is 3.81. The zero-order chi connectivity index (χ0) is 15.6. The maximum atomic E-state index is 12.2. The lowest BCUT2D eigenvalue weighted by Crippen LogP contribution is -2.14. The van der Waals surface area contributed by atoms with E-state index in [1.54, 1.807) is 6.07 Å². The van der Waals surface area contributed by atoms with Crippen molar-refractivity contribution in [3.8, 4) is 0 Å². The molecule has 0 spiro atoms. The first-order valence-corrected chi connectivity index (χ1v) is 6.59. The van der Waals surface area contributed by atoms with E-state index in [9.17, 15) is 14.9 Å². The van der Waals surface area contributed by atoms with Gasteiger partial charge in [-0.3, -0.25) is 14.9 Å². The van der Waals surface area contributed by atoms with Gasteiger partial charge in [0.15, 0.2) is 0 Å². The Kier molecular flexibility index (Phi) is 4.23. The molecule has 0 heterocycles. The number of halogens is 1. The van der Waals surface area contributed by atoms with E-state index < -0.39 is 10.8 Å². The Balaban J connectivity index is 2.34. The van der Waals surface area contributed by atoms with Crippen molar-refractivity contribution in [2.24, 2.45) is 0 Å². The van der Waals surface area contributed by atoms with Crippen LogP contribution in [0.4, 0.5) is 11.4 Å². The van der Waals surface area contributed by atoms with Gasteiger partial charge in [0.2, 0.25) is 0 Å². The second kappa shape index (κ2) is 5.93. The molecule has 0 unspecified atom stereocenters. The Hall–Kier alpha value is -2.40. The highest BCUT2D eigenvalue weighted by Gasteiger charge is 2.21. The van der Waals surface area contributed by atoms with E-state index in [2.05, 4.69) is 5.32 Å². The zero-order valence-electron chi connectivity index (χ0n) is 11.5. The van der Waals surface area contributed by atoms with E-state index in [0.29, 0.717) is 5.69 Å². The molecule has 0 radical (unpaired) electrons. The first-order valence-electron chi connectivity index (χ1n) is 6.21. The smallest absolute Gasteiger partial charge is 0.283 e. The largest absolute Gasteiger partial charge is 0.322 e. The molecule has 1 N–H and O–H groups in total. The predicted molar refractivity (Wildman–Crippen MR) is 82.0 cm³/mol. The minimum absolute atomic E-state index is 0.0237. The maximum absolute atomic E-state index is 12.2. The molecule has 2 rings (SSSR count). The summed E-state index contributed by atoms with van der Waals surface area (Å²) in [5.74, 6) is -0.537. The molecular formula is C15H13ClN2O3. The summed E-state index contributed by atoms with van der Waals surface area (Å²) in [6.07, 6.45) is 0. The number of rotatable bonds is 3. The molecule has 0 aliphatic carbocycles. The zero-order valence-corrected chi connectivity index (χ0v) is 12.3. The second-order valence-corrected chi connectivity index (χ2v) is 5.13. The van der Waals surface area contributed by atoms with Crippen LogP contribution in [0.3, 0.4) is 0 Å². The molecular weight excluding hydrogens is 292 g/mol. The highest BCUT2D eigenvalue weighted by Crippen LogP contribution is 2.25. The van der Waals surface area contributed by atoms with Crippen LogP contribution in [0.1, 0.15) is 21.5 Å². The van der Waals surface area contributed by atoms with Crippen molar-refractivity contribution in [3.63, 3.8) is 0 Å². The van der Waals surface area contributed by atoms with Gasteiger partial charge in [0.25, 0.3) is 11.6 Å². The van der Waals surface area contributed by atoms with E-state index in [0.717, 1.165) is 11.1 Å². The summed E-state index contributed by atoms with van der Waals surface area (Å²) >= 11 is 5.73. The Morgan fingerprint density at radius 2 is 1.90 bits per heavy atom. The average Bonchev–Trinajstić information content (AvgIpc) is 2.41. The van der Waals surface area contributed by atoms with Gasteiger partial charge in [-0.2, -0.15) is 0 Å². The Morgan fingerprint density at radius 3 is 2.52 bits per heavy atom. The molecule has 0 aromatic heterocycles. The average molecular weight is 305 g/mol. The van der Waals surface area contributed by atoms with Gasteiger partial charge in [0.1, 0.15) is 5.56 Å². The van der Waals surface area contributed by atoms with Crippen LogP contribution in [0.25, 0.3) is 0 Å². The minimum Gasteiger partial charge on any atom is -0.322 e. The fourth-order valence-electron chi connectivity index (χ4n) is 1.99. The molecule has 5 nitrogen and oxygen atoms in total. The lowest BCUT2D eigenvalue weighted by atomic mass is 10.1. The van der Waals surface area contributed by atoms with Crippen molar-refractivity contribution in [3.05, 3.63) is 68.2 Å². The molecule has 0 atom stereocenters. The van der Waals surface area contributed by atoms with Gasteiger partial charge >= 0.3 is 0 Å². The Morgan fingerprint density at radius 1 is 1.19 bits per heavy atom. The minimum atomic E-state index is -0.622. The van der Waals surface area contributed by atoms with Gasteiger partial charge in [0.05, 0.1) is 4.92 Å². The van der Waals surface area contributed by atoms with E-state index >= 15 is 0 Å². The summed E-state index contributed by atoms with van der Waals surface area (Å²) in [5, 5.41) is 13.9. The number of nitrogens with zero attached hydrogens (tertiary/aromatic N) is 1. The summed E-state index contributed by atoms with van der Waals surface area (Å²) in [6, 6.07) is 9.51. The number of nitro groups is 1. The second-order valence-electron chi connectivity index (χ2n) is 4.69. The van der Waals surface area contributed by atoms with Crippen molar-refractivity contribution < 1.29 is 9.72 Å². The number of nitro benzene ring substituents is 1. The van der Waals surface area contributed by atoms with Gasteiger partial charge in [-0.1, -0.05) is 29.3 Å².